The zero-order valence-corrected chi connectivity index (χ0v) is 17.2. The zero-order valence-electron chi connectivity index (χ0n) is 17.2. The smallest absolute Gasteiger partial charge is 0.407 e. The van der Waals surface area contributed by atoms with Crippen molar-refractivity contribution in [2.24, 2.45) is 17.8 Å². The normalized spacial score (nSPS) is 26.6. The summed E-state index contributed by atoms with van der Waals surface area (Å²) in [6, 6.07) is 7.27. The fourth-order valence-electron chi connectivity index (χ4n) is 4.11. The number of amides is 2. The van der Waals surface area contributed by atoms with E-state index in [2.05, 4.69) is 22.8 Å². The van der Waals surface area contributed by atoms with Crippen LogP contribution in [-0.2, 0) is 9.53 Å². The molecule has 0 unspecified atom stereocenters. The van der Waals surface area contributed by atoms with Crippen LogP contribution < -0.4 is 15.4 Å². The summed E-state index contributed by atoms with van der Waals surface area (Å²) in [6.45, 7) is 7.44. The highest BCUT2D eigenvalue weighted by atomic mass is 16.6. The van der Waals surface area contributed by atoms with Crippen LogP contribution in [0.15, 0.2) is 36.4 Å². The highest BCUT2D eigenvalue weighted by Crippen LogP contribution is 2.44. The largest absolute Gasteiger partial charge is 0.497 e. The predicted molar refractivity (Wildman–Crippen MR) is 107 cm³/mol. The maximum Gasteiger partial charge on any atom is 0.407 e. The Bertz CT molecular complexity index is 751. The third-order valence-corrected chi connectivity index (χ3v) is 5.42. The topological polar surface area (TPSA) is 76.7 Å². The van der Waals surface area contributed by atoms with Gasteiger partial charge in [0, 0.05) is 0 Å². The van der Waals surface area contributed by atoms with E-state index in [1.807, 2.05) is 52.0 Å². The molecule has 2 bridgehead atoms. The van der Waals surface area contributed by atoms with Gasteiger partial charge in [0.05, 0.1) is 25.1 Å². The van der Waals surface area contributed by atoms with Gasteiger partial charge in [-0.05, 0) is 63.6 Å². The van der Waals surface area contributed by atoms with Gasteiger partial charge in [-0.15, -0.1) is 0 Å². The quantitative estimate of drug-likeness (QED) is 0.758. The Balaban J connectivity index is 1.66. The molecule has 1 saturated carbocycles. The van der Waals surface area contributed by atoms with Gasteiger partial charge in [0.1, 0.15) is 11.4 Å². The molecule has 2 amide bonds. The molecule has 5 atom stereocenters. The number of allylic oxidation sites excluding steroid dienone is 1. The number of hydrogen-bond acceptors (Lipinski definition) is 4. The summed E-state index contributed by atoms with van der Waals surface area (Å²) in [5.74, 6) is 0.768. The van der Waals surface area contributed by atoms with Crippen molar-refractivity contribution in [1.29, 1.82) is 0 Å². The molecule has 6 heteroatoms. The molecule has 1 aromatic rings. The fraction of sp³-hybridized carbons (Fsp3) is 0.545. The molecule has 2 N–H and O–H groups in total. The van der Waals surface area contributed by atoms with Crippen LogP contribution in [0.4, 0.5) is 4.79 Å². The Morgan fingerprint density at radius 2 is 1.75 bits per heavy atom. The number of carbonyl (C=O) groups is 2. The number of benzene rings is 1. The Labute approximate surface area is 166 Å². The Morgan fingerprint density at radius 3 is 2.36 bits per heavy atom. The third-order valence-electron chi connectivity index (χ3n) is 5.42. The van der Waals surface area contributed by atoms with Crippen molar-refractivity contribution in [1.82, 2.24) is 10.6 Å². The van der Waals surface area contributed by atoms with E-state index >= 15 is 0 Å². The van der Waals surface area contributed by atoms with Gasteiger partial charge in [-0.1, -0.05) is 24.3 Å². The first-order valence-corrected chi connectivity index (χ1v) is 9.80. The summed E-state index contributed by atoms with van der Waals surface area (Å²) < 4.78 is 10.6. The molecular weight excluding hydrogens is 356 g/mol. The average Bonchev–Trinajstić information content (AvgIpc) is 3.21. The van der Waals surface area contributed by atoms with Gasteiger partial charge in [-0.25, -0.2) is 4.79 Å². The van der Waals surface area contributed by atoms with E-state index in [0.717, 1.165) is 17.7 Å². The maximum absolute atomic E-state index is 13.1. The number of carbonyl (C=O) groups excluding carboxylic acids is 2. The van der Waals surface area contributed by atoms with Crippen molar-refractivity contribution in [2.75, 3.05) is 7.11 Å². The first kappa shape index (κ1) is 20.2. The summed E-state index contributed by atoms with van der Waals surface area (Å²) in [6.07, 6.45) is 4.61. The number of fused-ring (bicyclic) bond motifs is 2. The number of nitrogens with one attached hydrogen (secondary N) is 2. The van der Waals surface area contributed by atoms with Crippen LogP contribution in [0.5, 0.6) is 5.75 Å². The monoisotopic (exact) mass is 386 g/mol. The summed E-state index contributed by atoms with van der Waals surface area (Å²) in [4.78, 5) is 25.3. The highest BCUT2D eigenvalue weighted by Gasteiger charge is 2.49. The minimum Gasteiger partial charge on any atom is -0.497 e. The van der Waals surface area contributed by atoms with E-state index < -0.39 is 11.7 Å². The summed E-state index contributed by atoms with van der Waals surface area (Å²) in [7, 11) is 1.63. The van der Waals surface area contributed by atoms with Crippen molar-refractivity contribution in [3.63, 3.8) is 0 Å². The lowest BCUT2D eigenvalue weighted by atomic mass is 9.87. The van der Waals surface area contributed by atoms with E-state index in [4.69, 9.17) is 9.47 Å². The predicted octanol–water partition coefficient (Wildman–Crippen LogP) is 3.59. The van der Waals surface area contributed by atoms with Gasteiger partial charge in [-0.2, -0.15) is 0 Å². The van der Waals surface area contributed by atoms with Gasteiger partial charge in [0.2, 0.25) is 5.91 Å². The van der Waals surface area contributed by atoms with Crippen LogP contribution in [0.3, 0.4) is 0 Å². The van der Waals surface area contributed by atoms with Gasteiger partial charge < -0.3 is 20.1 Å². The van der Waals surface area contributed by atoms with Crippen LogP contribution in [-0.4, -0.2) is 30.8 Å². The van der Waals surface area contributed by atoms with Crippen LogP contribution in [0, 0.1) is 17.8 Å². The molecule has 0 aliphatic heterocycles. The van der Waals surface area contributed by atoms with Crippen molar-refractivity contribution < 1.29 is 19.1 Å². The van der Waals surface area contributed by atoms with Gasteiger partial charge in [0.15, 0.2) is 0 Å². The Kier molecular flexibility index (Phi) is 5.68. The zero-order chi connectivity index (χ0) is 20.5. The summed E-state index contributed by atoms with van der Waals surface area (Å²) in [5.41, 5.74) is 0.433. The SMILES string of the molecule is COc1ccc([C@@H](C)NC(=O)[C@H]2[C@H](NC(=O)OC(C)(C)C)[C@@H]3C=C[C@H]2C3)cc1. The van der Waals surface area contributed by atoms with Gasteiger partial charge in [0.25, 0.3) is 0 Å². The van der Waals surface area contributed by atoms with Crippen LogP contribution in [0.1, 0.15) is 45.7 Å². The van der Waals surface area contributed by atoms with Crippen molar-refractivity contribution >= 4 is 12.0 Å². The van der Waals surface area contributed by atoms with Crippen molar-refractivity contribution in [2.45, 2.75) is 51.8 Å². The summed E-state index contributed by atoms with van der Waals surface area (Å²) >= 11 is 0. The van der Waals surface area contributed by atoms with E-state index in [9.17, 15) is 9.59 Å². The van der Waals surface area contributed by atoms with E-state index in [1.165, 1.54) is 0 Å². The maximum atomic E-state index is 13.1. The molecule has 0 saturated heterocycles. The van der Waals surface area contributed by atoms with E-state index in [-0.39, 0.29) is 35.7 Å². The molecule has 3 rings (SSSR count). The minimum absolute atomic E-state index is 0.0405. The average molecular weight is 386 g/mol. The lowest BCUT2D eigenvalue weighted by Gasteiger charge is -2.30. The minimum atomic E-state index is -0.571. The number of methoxy groups -OCH3 is 1. The lowest BCUT2D eigenvalue weighted by Crippen LogP contribution is -2.50. The molecule has 6 nitrogen and oxygen atoms in total. The molecular formula is C22H30N2O4. The molecule has 0 aromatic heterocycles. The number of alkyl carbamates (subject to hydrolysis) is 1. The fourth-order valence-corrected chi connectivity index (χ4v) is 4.11. The van der Waals surface area contributed by atoms with Gasteiger partial charge in [-0.3, -0.25) is 4.79 Å². The molecule has 0 radical (unpaired) electrons. The number of rotatable bonds is 5. The first-order chi connectivity index (χ1) is 13.2. The molecule has 2 aliphatic rings. The van der Waals surface area contributed by atoms with Crippen LogP contribution in [0.25, 0.3) is 0 Å². The Hall–Kier alpha value is -2.50. The first-order valence-electron chi connectivity index (χ1n) is 9.80. The molecule has 1 aromatic carbocycles. The summed E-state index contributed by atoms with van der Waals surface area (Å²) in [5, 5.41) is 6.04. The third kappa shape index (κ3) is 4.49. The second-order valence-corrected chi connectivity index (χ2v) is 8.65. The number of ether oxygens (including phenoxy) is 2. The van der Waals surface area contributed by atoms with Crippen LogP contribution in [0.2, 0.25) is 0 Å². The second-order valence-electron chi connectivity index (χ2n) is 8.65. The standard InChI is InChI=1S/C22H30N2O4/c1-13(14-8-10-17(27-5)11-9-14)23-20(25)18-15-6-7-16(12-15)19(18)24-21(26)28-22(2,3)4/h6-11,13,15-16,18-19H,12H2,1-5H3,(H,23,25)(H,24,26)/t13-,15+,16-,18-,19-/m1/s1. The molecule has 1 fully saturated rings. The molecule has 152 valence electrons. The molecule has 2 aliphatic carbocycles. The molecule has 28 heavy (non-hydrogen) atoms. The van der Waals surface area contributed by atoms with Crippen LogP contribution >= 0.6 is 0 Å². The second kappa shape index (κ2) is 7.86. The van der Waals surface area contributed by atoms with Crippen molar-refractivity contribution in [3.8, 4) is 5.75 Å². The number of hydrogen-bond donors (Lipinski definition) is 2. The van der Waals surface area contributed by atoms with Gasteiger partial charge >= 0.3 is 6.09 Å². The van der Waals surface area contributed by atoms with Crippen molar-refractivity contribution in [3.05, 3.63) is 42.0 Å². The highest BCUT2D eigenvalue weighted by molar-refractivity contribution is 5.82. The molecule has 0 spiro atoms. The lowest BCUT2D eigenvalue weighted by molar-refractivity contribution is -0.127. The van der Waals surface area contributed by atoms with E-state index in [1.54, 1.807) is 7.11 Å². The Morgan fingerprint density at radius 1 is 1.11 bits per heavy atom. The van der Waals surface area contributed by atoms with E-state index in [0.29, 0.717) is 0 Å². The molecule has 0 heterocycles.